The lowest BCUT2D eigenvalue weighted by Crippen LogP contribution is -2.52. The molecule has 2 aromatic rings. The molecule has 2 heterocycles. The highest BCUT2D eigenvalue weighted by atomic mass is 19.1. The van der Waals surface area contributed by atoms with Crippen LogP contribution in [0.5, 0.6) is 11.5 Å². The molecule has 2 amide bonds. The molecular weight excluding hydrogens is 457 g/mol. The Morgan fingerprint density at radius 3 is 2.57 bits per heavy atom. The molecule has 9 nitrogen and oxygen atoms in total. The number of anilines is 1. The van der Waals surface area contributed by atoms with Gasteiger partial charge >= 0.3 is 12.2 Å². The molecule has 35 heavy (non-hydrogen) atoms. The second-order valence-corrected chi connectivity index (χ2v) is 10.3. The number of benzene rings is 1. The first-order valence-corrected chi connectivity index (χ1v) is 11.3. The number of aromatic nitrogens is 1. The van der Waals surface area contributed by atoms with E-state index in [2.05, 4.69) is 15.6 Å². The van der Waals surface area contributed by atoms with E-state index >= 15 is 4.39 Å². The molecule has 1 unspecified atom stereocenters. The number of alkyl carbamates (subject to hydrolysis) is 1. The van der Waals surface area contributed by atoms with Gasteiger partial charge in [-0.3, -0.25) is 5.32 Å². The standard InChI is InChI=1S/C25H32FN3O6/c1-14(2)10-25(6,29-23(32)35-24(3,4)5)13-34-18-8-7-15-16-9-20(28-22(30)31)27-11-19(16)33-12-17(15)21(18)26/h7-9,11,14H,10,12-13H2,1-6H3,(H,27,28)(H,29,32)(H,30,31). The Morgan fingerprint density at radius 2 is 1.94 bits per heavy atom. The summed E-state index contributed by atoms with van der Waals surface area (Å²) in [6.45, 7) is 11.2. The maximum atomic E-state index is 15.4. The molecule has 1 aliphatic rings. The minimum Gasteiger partial charge on any atom is -0.488 e. The van der Waals surface area contributed by atoms with Gasteiger partial charge in [0, 0.05) is 11.1 Å². The first kappa shape index (κ1) is 26.1. The van der Waals surface area contributed by atoms with Crippen LogP contribution in [-0.2, 0) is 11.3 Å². The molecular formula is C25H32FN3O6. The number of nitrogens with one attached hydrogen (secondary N) is 2. The minimum atomic E-state index is -1.26. The quantitative estimate of drug-likeness (QED) is 0.465. The van der Waals surface area contributed by atoms with Gasteiger partial charge in [-0.25, -0.2) is 19.0 Å². The molecule has 3 N–H and O–H groups in total. The number of carboxylic acid groups (broad SMARTS) is 1. The van der Waals surface area contributed by atoms with E-state index in [0.29, 0.717) is 23.3 Å². The fourth-order valence-electron chi connectivity index (χ4n) is 4.03. The number of pyridine rings is 1. The monoisotopic (exact) mass is 489 g/mol. The van der Waals surface area contributed by atoms with Crippen LogP contribution >= 0.6 is 0 Å². The summed E-state index contributed by atoms with van der Waals surface area (Å²) in [4.78, 5) is 27.3. The number of rotatable bonds is 7. The zero-order chi connectivity index (χ0) is 26.0. The van der Waals surface area contributed by atoms with Crippen molar-refractivity contribution in [3.63, 3.8) is 0 Å². The van der Waals surface area contributed by atoms with Crippen molar-refractivity contribution >= 4 is 18.0 Å². The Balaban J connectivity index is 1.82. The van der Waals surface area contributed by atoms with Crippen molar-refractivity contribution in [2.24, 2.45) is 5.92 Å². The number of carbonyl (C=O) groups excluding carboxylic acids is 1. The van der Waals surface area contributed by atoms with Crippen molar-refractivity contribution in [1.29, 1.82) is 0 Å². The van der Waals surface area contributed by atoms with E-state index in [4.69, 9.17) is 19.3 Å². The van der Waals surface area contributed by atoms with Crippen LogP contribution in [0.2, 0.25) is 0 Å². The largest absolute Gasteiger partial charge is 0.488 e. The fraction of sp³-hybridized carbons (Fsp3) is 0.480. The van der Waals surface area contributed by atoms with E-state index in [1.807, 2.05) is 20.8 Å². The van der Waals surface area contributed by atoms with Gasteiger partial charge in [-0.05, 0) is 63.8 Å². The number of fused-ring (bicyclic) bond motifs is 3. The number of amides is 2. The molecule has 190 valence electrons. The van der Waals surface area contributed by atoms with Gasteiger partial charge in [0.25, 0.3) is 0 Å². The normalized spacial score (nSPS) is 14.2. The average molecular weight is 490 g/mol. The first-order valence-electron chi connectivity index (χ1n) is 11.3. The number of nitrogens with zero attached hydrogens (tertiary/aromatic N) is 1. The second kappa shape index (κ2) is 9.97. The van der Waals surface area contributed by atoms with Crippen molar-refractivity contribution in [3.05, 3.63) is 35.8 Å². The molecule has 0 spiro atoms. The molecule has 0 radical (unpaired) electrons. The number of ether oxygens (including phenoxy) is 3. The molecule has 0 aliphatic carbocycles. The third-order valence-electron chi connectivity index (χ3n) is 5.18. The summed E-state index contributed by atoms with van der Waals surface area (Å²) in [6, 6.07) is 4.70. The predicted molar refractivity (Wildman–Crippen MR) is 128 cm³/mol. The van der Waals surface area contributed by atoms with Crippen molar-refractivity contribution in [2.75, 3.05) is 11.9 Å². The van der Waals surface area contributed by atoms with E-state index in [0.717, 1.165) is 0 Å². The predicted octanol–water partition coefficient (Wildman–Crippen LogP) is 5.58. The average Bonchev–Trinajstić information content (AvgIpc) is 2.70. The summed E-state index contributed by atoms with van der Waals surface area (Å²) in [6.07, 6.45) is 0.154. The van der Waals surface area contributed by atoms with E-state index in [1.165, 1.54) is 18.3 Å². The van der Waals surface area contributed by atoms with E-state index in [1.54, 1.807) is 26.8 Å². The molecule has 1 aliphatic heterocycles. The highest BCUT2D eigenvalue weighted by Crippen LogP contribution is 2.41. The van der Waals surface area contributed by atoms with Crippen LogP contribution in [0.25, 0.3) is 11.1 Å². The van der Waals surface area contributed by atoms with Gasteiger partial charge in [0.2, 0.25) is 0 Å². The highest BCUT2D eigenvalue weighted by molar-refractivity contribution is 5.84. The van der Waals surface area contributed by atoms with Gasteiger partial charge in [0.1, 0.15) is 30.4 Å². The van der Waals surface area contributed by atoms with Crippen molar-refractivity contribution in [1.82, 2.24) is 10.3 Å². The van der Waals surface area contributed by atoms with Crippen LogP contribution in [0.15, 0.2) is 24.4 Å². The summed E-state index contributed by atoms with van der Waals surface area (Å²) < 4.78 is 32.3. The molecule has 1 aromatic carbocycles. The smallest absolute Gasteiger partial charge is 0.410 e. The SMILES string of the molecule is CC(C)CC(C)(COc1ccc2c(c1F)COc1cnc(NC(=O)O)cc1-2)NC(=O)OC(C)(C)C. The molecule has 1 aromatic heterocycles. The topological polar surface area (TPSA) is 119 Å². The maximum Gasteiger partial charge on any atom is 0.410 e. The van der Waals surface area contributed by atoms with Crippen LogP contribution in [0.3, 0.4) is 0 Å². The van der Waals surface area contributed by atoms with Crippen LogP contribution in [-0.4, -0.2) is 40.0 Å². The van der Waals surface area contributed by atoms with Crippen LogP contribution < -0.4 is 20.1 Å². The molecule has 1 atom stereocenters. The molecule has 0 saturated carbocycles. The van der Waals surface area contributed by atoms with Crippen LogP contribution in [0.1, 0.15) is 53.5 Å². The first-order chi connectivity index (χ1) is 16.3. The Morgan fingerprint density at radius 1 is 1.23 bits per heavy atom. The van der Waals surface area contributed by atoms with E-state index < -0.39 is 29.1 Å². The van der Waals surface area contributed by atoms with Gasteiger partial charge < -0.3 is 24.6 Å². The fourth-order valence-corrected chi connectivity index (χ4v) is 4.03. The Bertz CT molecular complexity index is 1120. The Hall–Kier alpha value is -3.56. The molecule has 0 saturated heterocycles. The van der Waals surface area contributed by atoms with Crippen molar-refractivity contribution in [2.45, 2.75) is 65.7 Å². The molecule has 0 fully saturated rings. The molecule has 0 bridgehead atoms. The van der Waals surface area contributed by atoms with Gasteiger partial charge in [0.05, 0.1) is 11.7 Å². The van der Waals surface area contributed by atoms with Gasteiger partial charge in [-0.15, -0.1) is 0 Å². The zero-order valence-corrected chi connectivity index (χ0v) is 20.8. The lowest BCUT2D eigenvalue weighted by Gasteiger charge is -2.33. The number of carbonyl (C=O) groups is 2. The Kier molecular flexibility index (Phi) is 7.42. The van der Waals surface area contributed by atoms with Crippen molar-refractivity contribution < 1.29 is 33.3 Å². The third kappa shape index (κ3) is 6.74. The highest BCUT2D eigenvalue weighted by Gasteiger charge is 2.32. The summed E-state index contributed by atoms with van der Waals surface area (Å²) in [5.41, 5.74) is -0.0890. The van der Waals surface area contributed by atoms with Gasteiger partial charge in [-0.1, -0.05) is 13.8 Å². The van der Waals surface area contributed by atoms with Gasteiger partial charge in [0.15, 0.2) is 11.6 Å². The van der Waals surface area contributed by atoms with E-state index in [9.17, 15) is 9.59 Å². The van der Waals surface area contributed by atoms with Crippen molar-refractivity contribution in [3.8, 4) is 22.6 Å². The number of hydrogen-bond acceptors (Lipinski definition) is 6. The summed E-state index contributed by atoms with van der Waals surface area (Å²) >= 11 is 0. The maximum absolute atomic E-state index is 15.4. The molecule has 10 heteroatoms. The summed E-state index contributed by atoms with van der Waals surface area (Å²) in [7, 11) is 0. The van der Waals surface area contributed by atoms with Crippen LogP contribution in [0, 0.1) is 11.7 Å². The second-order valence-electron chi connectivity index (χ2n) is 10.3. The summed E-state index contributed by atoms with van der Waals surface area (Å²) in [5.74, 6) is 0.203. The lowest BCUT2D eigenvalue weighted by atomic mass is 9.91. The zero-order valence-electron chi connectivity index (χ0n) is 20.8. The summed E-state index contributed by atoms with van der Waals surface area (Å²) in [5, 5.41) is 14.0. The number of halogens is 1. The minimum absolute atomic E-state index is 0.0220. The molecule has 3 rings (SSSR count). The number of hydrogen-bond donors (Lipinski definition) is 3. The van der Waals surface area contributed by atoms with E-state index in [-0.39, 0.29) is 36.3 Å². The lowest BCUT2D eigenvalue weighted by molar-refractivity contribution is 0.0406. The third-order valence-corrected chi connectivity index (χ3v) is 5.18. The Labute approximate surface area is 204 Å². The van der Waals surface area contributed by atoms with Gasteiger partial charge in [-0.2, -0.15) is 0 Å². The van der Waals surface area contributed by atoms with Crippen LogP contribution in [0.4, 0.5) is 19.8 Å².